The molecule has 2 aromatic carbocycles. The van der Waals surface area contributed by atoms with E-state index < -0.39 is 11.7 Å². The maximum absolute atomic E-state index is 13.0. The number of piperidine rings is 1. The molecule has 1 atom stereocenters. The standard InChI is InChI=1S/C22H23F3N2/c1-15-20(18-7-3-4-8-19(18)26-15)21(27-13-5-2-6-14-27)16-9-11-17(12-10-16)22(23,24)25/h3-4,7-12,21,26H,2,5-6,13-14H2,1H3/p+1. The number of rotatable bonds is 3. The highest BCUT2D eigenvalue weighted by atomic mass is 19.4. The predicted octanol–water partition coefficient (Wildman–Crippen LogP) is 4.65. The molecule has 2 nitrogen and oxygen atoms in total. The van der Waals surface area contributed by atoms with E-state index in [4.69, 9.17) is 0 Å². The van der Waals surface area contributed by atoms with Crippen molar-refractivity contribution < 1.29 is 18.1 Å². The minimum Gasteiger partial charge on any atom is -0.358 e. The lowest BCUT2D eigenvalue weighted by molar-refractivity contribution is -0.930. The van der Waals surface area contributed by atoms with Crippen molar-refractivity contribution in [2.45, 2.75) is 38.4 Å². The summed E-state index contributed by atoms with van der Waals surface area (Å²) in [5.74, 6) is 0. The molecule has 1 unspecified atom stereocenters. The summed E-state index contributed by atoms with van der Waals surface area (Å²) in [6.45, 7) is 4.16. The summed E-state index contributed by atoms with van der Waals surface area (Å²) in [6, 6.07) is 14.0. The normalized spacial score (nSPS) is 17.3. The molecule has 0 radical (unpaired) electrons. The van der Waals surface area contributed by atoms with Crippen molar-refractivity contribution in [2.24, 2.45) is 0 Å². The molecule has 3 aromatic rings. The number of nitrogens with one attached hydrogen (secondary N) is 2. The zero-order valence-corrected chi connectivity index (χ0v) is 15.4. The Bertz CT molecular complexity index is 919. The Hall–Kier alpha value is -2.27. The quantitative estimate of drug-likeness (QED) is 0.666. The van der Waals surface area contributed by atoms with Crippen LogP contribution in [0.3, 0.4) is 0 Å². The van der Waals surface area contributed by atoms with Crippen LogP contribution in [0.5, 0.6) is 0 Å². The summed E-state index contributed by atoms with van der Waals surface area (Å²) in [7, 11) is 0. The van der Waals surface area contributed by atoms with E-state index in [1.165, 1.54) is 29.0 Å². The Morgan fingerprint density at radius 3 is 2.26 bits per heavy atom. The van der Waals surface area contributed by atoms with Gasteiger partial charge < -0.3 is 9.88 Å². The van der Waals surface area contributed by atoms with Crippen LogP contribution in [0.25, 0.3) is 10.9 Å². The first-order chi connectivity index (χ1) is 12.9. The average Bonchev–Trinajstić information content (AvgIpc) is 2.99. The predicted molar refractivity (Wildman–Crippen MR) is 101 cm³/mol. The number of para-hydroxylation sites is 1. The maximum Gasteiger partial charge on any atom is 0.416 e. The third-order valence-electron chi connectivity index (χ3n) is 5.71. The highest BCUT2D eigenvalue weighted by Gasteiger charge is 2.34. The van der Waals surface area contributed by atoms with E-state index in [1.807, 2.05) is 12.1 Å². The fourth-order valence-electron chi connectivity index (χ4n) is 4.44. The summed E-state index contributed by atoms with van der Waals surface area (Å²) in [4.78, 5) is 4.90. The molecular formula is C22H24F3N2+. The van der Waals surface area contributed by atoms with Gasteiger partial charge in [-0.15, -0.1) is 0 Å². The number of alkyl halides is 3. The van der Waals surface area contributed by atoms with Gasteiger partial charge in [-0.2, -0.15) is 13.2 Å². The lowest BCUT2D eigenvalue weighted by Gasteiger charge is -2.32. The third-order valence-corrected chi connectivity index (χ3v) is 5.71. The number of likely N-dealkylation sites (tertiary alicyclic amines) is 1. The Morgan fingerprint density at radius 2 is 1.59 bits per heavy atom. The maximum atomic E-state index is 13.0. The van der Waals surface area contributed by atoms with Crippen LogP contribution in [0.1, 0.15) is 47.7 Å². The Morgan fingerprint density at radius 1 is 0.926 bits per heavy atom. The van der Waals surface area contributed by atoms with Crippen LogP contribution in [0.4, 0.5) is 13.2 Å². The third kappa shape index (κ3) is 3.48. The molecule has 0 spiro atoms. The number of fused-ring (bicyclic) bond motifs is 1. The summed E-state index contributed by atoms with van der Waals surface area (Å²) >= 11 is 0. The minimum absolute atomic E-state index is 0.0451. The molecule has 2 N–H and O–H groups in total. The number of quaternary nitrogens is 1. The van der Waals surface area contributed by atoms with E-state index in [0.29, 0.717) is 0 Å². The fourth-order valence-corrected chi connectivity index (χ4v) is 4.44. The zero-order valence-electron chi connectivity index (χ0n) is 15.4. The number of aromatic amines is 1. The summed E-state index contributed by atoms with van der Waals surface area (Å²) in [5, 5.41) is 1.16. The van der Waals surface area contributed by atoms with Gasteiger partial charge in [-0.25, -0.2) is 0 Å². The average molecular weight is 373 g/mol. The number of H-pyrrole nitrogens is 1. The number of halogens is 3. The second-order valence-corrected chi connectivity index (χ2v) is 7.48. The molecule has 142 valence electrons. The second-order valence-electron chi connectivity index (χ2n) is 7.48. The first-order valence-electron chi connectivity index (χ1n) is 9.54. The van der Waals surface area contributed by atoms with Crippen molar-refractivity contribution in [3.05, 3.63) is 70.9 Å². The topological polar surface area (TPSA) is 20.2 Å². The van der Waals surface area contributed by atoms with Crippen LogP contribution in [0, 0.1) is 6.92 Å². The van der Waals surface area contributed by atoms with Gasteiger partial charge in [-0.1, -0.05) is 30.3 Å². The van der Waals surface area contributed by atoms with Gasteiger partial charge in [0.25, 0.3) is 0 Å². The summed E-state index contributed by atoms with van der Waals surface area (Å²) in [6.07, 6.45) is -0.749. The van der Waals surface area contributed by atoms with Gasteiger partial charge in [-0.05, 0) is 44.4 Å². The van der Waals surface area contributed by atoms with Crippen molar-refractivity contribution in [3.8, 4) is 0 Å². The molecule has 1 saturated heterocycles. The summed E-state index contributed by atoms with van der Waals surface area (Å²) < 4.78 is 39.0. The molecule has 4 rings (SSSR count). The number of aromatic nitrogens is 1. The molecule has 1 fully saturated rings. The molecule has 0 aliphatic carbocycles. The molecule has 1 aliphatic heterocycles. The molecule has 5 heteroatoms. The number of benzene rings is 2. The van der Waals surface area contributed by atoms with E-state index in [-0.39, 0.29) is 6.04 Å². The number of aryl methyl sites for hydroxylation is 1. The zero-order chi connectivity index (χ0) is 19.0. The van der Waals surface area contributed by atoms with E-state index in [1.54, 1.807) is 12.1 Å². The van der Waals surface area contributed by atoms with Gasteiger partial charge in [-0.3, -0.25) is 0 Å². The van der Waals surface area contributed by atoms with Crippen LogP contribution in [-0.4, -0.2) is 18.1 Å². The highest BCUT2D eigenvalue weighted by molar-refractivity contribution is 5.85. The van der Waals surface area contributed by atoms with Gasteiger partial charge in [0, 0.05) is 27.7 Å². The monoisotopic (exact) mass is 373 g/mol. The van der Waals surface area contributed by atoms with Gasteiger partial charge in [0.05, 0.1) is 18.7 Å². The van der Waals surface area contributed by atoms with Crippen LogP contribution in [0.2, 0.25) is 0 Å². The van der Waals surface area contributed by atoms with E-state index in [0.717, 1.165) is 48.1 Å². The van der Waals surface area contributed by atoms with Crippen LogP contribution >= 0.6 is 0 Å². The molecule has 0 amide bonds. The van der Waals surface area contributed by atoms with Crippen molar-refractivity contribution in [1.29, 1.82) is 0 Å². The molecular weight excluding hydrogens is 349 g/mol. The van der Waals surface area contributed by atoms with Gasteiger partial charge >= 0.3 is 6.18 Å². The van der Waals surface area contributed by atoms with Crippen LogP contribution < -0.4 is 4.90 Å². The molecule has 1 aliphatic rings. The van der Waals surface area contributed by atoms with E-state index in [9.17, 15) is 13.2 Å². The minimum atomic E-state index is -4.30. The van der Waals surface area contributed by atoms with Crippen molar-refractivity contribution >= 4 is 10.9 Å². The smallest absolute Gasteiger partial charge is 0.358 e. The van der Waals surface area contributed by atoms with Crippen molar-refractivity contribution in [1.82, 2.24) is 4.98 Å². The first-order valence-corrected chi connectivity index (χ1v) is 9.54. The van der Waals surface area contributed by atoms with Crippen molar-refractivity contribution in [3.63, 3.8) is 0 Å². The second kappa shape index (κ2) is 7.04. The lowest BCUT2D eigenvalue weighted by Crippen LogP contribution is -3.13. The summed E-state index contributed by atoms with van der Waals surface area (Å²) in [5.41, 5.74) is 3.75. The molecule has 1 aromatic heterocycles. The van der Waals surface area contributed by atoms with E-state index >= 15 is 0 Å². The Kier molecular flexibility index (Phi) is 4.72. The van der Waals surface area contributed by atoms with Crippen LogP contribution in [-0.2, 0) is 6.18 Å². The van der Waals surface area contributed by atoms with Gasteiger partial charge in [0.1, 0.15) is 6.04 Å². The van der Waals surface area contributed by atoms with Crippen molar-refractivity contribution in [2.75, 3.05) is 13.1 Å². The molecule has 0 bridgehead atoms. The Labute approximate surface area is 157 Å². The lowest BCUT2D eigenvalue weighted by atomic mass is 9.92. The molecule has 2 heterocycles. The van der Waals surface area contributed by atoms with Gasteiger partial charge in [0.2, 0.25) is 0 Å². The van der Waals surface area contributed by atoms with E-state index in [2.05, 4.69) is 24.0 Å². The first kappa shape index (κ1) is 18.1. The number of hydrogen-bond donors (Lipinski definition) is 2. The number of hydrogen-bond acceptors (Lipinski definition) is 0. The van der Waals surface area contributed by atoms with Gasteiger partial charge in [0.15, 0.2) is 0 Å². The highest BCUT2D eigenvalue weighted by Crippen LogP contribution is 2.33. The largest absolute Gasteiger partial charge is 0.416 e. The SMILES string of the molecule is Cc1[nH]c2ccccc2c1C(c1ccc(C(F)(F)F)cc1)[NH+]1CCCCC1. The molecule has 0 saturated carbocycles. The van der Waals surface area contributed by atoms with Crippen LogP contribution in [0.15, 0.2) is 48.5 Å². The molecule has 27 heavy (non-hydrogen) atoms. The fraction of sp³-hybridized carbons (Fsp3) is 0.364. The Balaban J connectivity index is 1.83.